The van der Waals surface area contributed by atoms with Gasteiger partial charge in [-0.05, 0) is 48.5 Å². The van der Waals surface area contributed by atoms with Gasteiger partial charge in [0.2, 0.25) is 0 Å². The van der Waals surface area contributed by atoms with Gasteiger partial charge in [-0.2, -0.15) is 0 Å². The monoisotopic (exact) mass is 357 g/mol. The quantitative estimate of drug-likeness (QED) is 0.367. The highest BCUT2D eigenvalue weighted by molar-refractivity contribution is 6.30. The van der Waals surface area contributed by atoms with E-state index < -0.39 is 0 Å². The standard InChI is InChI=1S/C18H15N.C6H5Cl/c1-4-10-16(11-5-1)19(17-12-6-2-7-13-17)18-14-8-3-9-15-18;7-6-4-2-1-3-5-6/h1-15H;1-5H. The lowest BCUT2D eigenvalue weighted by Gasteiger charge is -2.25. The van der Waals surface area contributed by atoms with Crippen molar-refractivity contribution in [1.82, 2.24) is 0 Å². The van der Waals surface area contributed by atoms with E-state index in [0.717, 1.165) is 5.02 Å². The maximum absolute atomic E-state index is 5.54. The van der Waals surface area contributed by atoms with Gasteiger partial charge in [-0.3, -0.25) is 0 Å². The van der Waals surface area contributed by atoms with Gasteiger partial charge in [-0.15, -0.1) is 0 Å². The summed E-state index contributed by atoms with van der Waals surface area (Å²) < 4.78 is 0. The van der Waals surface area contributed by atoms with Crippen molar-refractivity contribution in [2.24, 2.45) is 0 Å². The first-order chi connectivity index (χ1) is 12.8. The zero-order valence-corrected chi connectivity index (χ0v) is 15.1. The zero-order valence-electron chi connectivity index (χ0n) is 14.4. The summed E-state index contributed by atoms with van der Waals surface area (Å²) in [5.41, 5.74) is 3.50. The lowest BCUT2D eigenvalue weighted by molar-refractivity contribution is 1.28. The fraction of sp³-hybridized carbons (Fsp3) is 0. The molecule has 1 nitrogen and oxygen atoms in total. The molecule has 0 aliphatic heterocycles. The minimum Gasteiger partial charge on any atom is -0.311 e. The number of hydrogen-bond donors (Lipinski definition) is 0. The second kappa shape index (κ2) is 9.45. The van der Waals surface area contributed by atoms with Gasteiger partial charge < -0.3 is 4.90 Å². The lowest BCUT2D eigenvalue weighted by Crippen LogP contribution is -2.09. The molecule has 0 saturated carbocycles. The Bertz CT molecular complexity index is 784. The molecule has 0 unspecified atom stereocenters. The number of benzene rings is 4. The topological polar surface area (TPSA) is 3.24 Å². The van der Waals surface area contributed by atoms with Crippen LogP contribution in [0.15, 0.2) is 121 Å². The first-order valence-corrected chi connectivity index (χ1v) is 8.88. The van der Waals surface area contributed by atoms with Crippen molar-refractivity contribution in [2.45, 2.75) is 0 Å². The maximum atomic E-state index is 5.54. The first-order valence-electron chi connectivity index (χ1n) is 8.50. The van der Waals surface area contributed by atoms with Gasteiger partial charge in [0.05, 0.1) is 0 Å². The van der Waals surface area contributed by atoms with Crippen LogP contribution < -0.4 is 4.90 Å². The largest absolute Gasteiger partial charge is 0.311 e. The van der Waals surface area contributed by atoms with Crippen molar-refractivity contribution >= 4 is 28.7 Å². The molecule has 0 aromatic heterocycles. The van der Waals surface area contributed by atoms with Gasteiger partial charge in [0.1, 0.15) is 0 Å². The minimum absolute atomic E-state index is 0.794. The molecule has 4 aromatic rings. The van der Waals surface area contributed by atoms with Crippen molar-refractivity contribution in [2.75, 3.05) is 4.90 Å². The Morgan fingerprint density at radius 2 is 0.654 bits per heavy atom. The van der Waals surface area contributed by atoms with Crippen LogP contribution in [0, 0.1) is 0 Å². The molecule has 0 aliphatic rings. The molecule has 0 N–H and O–H groups in total. The summed E-state index contributed by atoms with van der Waals surface area (Å²) in [5, 5.41) is 0.794. The smallest absolute Gasteiger partial charge is 0.0461 e. The van der Waals surface area contributed by atoms with E-state index in [4.69, 9.17) is 11.6 Å². The SMILES string of the molecule is Clc1ccccc1.c1ccc(N(c2ccccc2)c2ccccc2)cc1. The summed E-state index contributed by atoms with van der Waals surface area (Å²) in [7, 11) is 0. The molecule has 4 aromatic carbocycles. The van der Waals surface area contributed by atoms with Gasteiger partial charge in [-0.25, -0.2) is 0 Å². The van der Waals surface area contributed by atoms with Crippen LogP contribution in [0.25, 0.3) is 0 Å². The predicted molar refractivity (Wildman–Crippen MR) is 113 cm³/mol. The molecule has 0 saturated heterocycles. The Balaban J connectivity index is 0.000000236. The molecule has 0 radical (unpaired) electrons. The summed E-state index contributed by atoms with van der Waals surface area (Å²) in [6, 6.07) is 40.7. The Kier molecular flexibility index (Phi) is 6.46. The molecule has 0 atom stereocenters. The number of rotatable bonds is 3. The second-order valence-corrected chi connectivity index (χ2v) is 6.07. The minimum atomic E-state index is 0.794. The first kappa shape index (κ1) is 17.8. The van der Waals surface area contributed by atoms with Gasteiger partial charge in [0, 0.05) is 22.1 Å². The highest BCUT2D eigenvalue weighted by atomic mass is 35.5. The highest BCUT2D eigenvalue weighted by Crippen LogP contribution is 2.33. The lowest BCUT2D eigenvalue weighted by atomic mass is 10.2. The molecule has 0 amide bonds. The molecule has 128 valence electrons. The second-order valence-electron chi connectivity index (χ2n) is 5.64. The third-order valence-electron chi connectivity index (χ3n) is 3.78. The maximum Gasteiger partial charge on any atom is 0.0461 e. The molecule has 0 fully saturated rings. The molecular weight excluding hydrogens is 338 g/mol. The fourth-order valence-corrected chi connectivity index (χ4v) is 2.74. The summed E-state index contributed by atoms with van der Waals surface area (Å²) in [4.78, 5) is 2.25. The summed E-state index contributed by atoms with van der Waals surface area (Å²) in [5.74, 6) is 0. The Morgan fingerprint density at radius 1 is 0.385 bits per heavy atom. The zero-order chi connectivity index (χ0) is 18.0. The van der Waals surface area contributed by atoms with Crippen molar-refractivity contribution in [1.29, 1.82) is 0 Å². The average molecular weight is 358 g/mol. The predicted octanol–water partition coefficient (Wildman–Crippen LogP) is 7.50. The molecule has 26 heavy (non-hydrogen) atoms. The van der Waals surface area contributed by atoms with Crippen LogP contribution in [0.5, 0.6) is 0 Å². The number of anilines is 3. The van der Waals surface area contributed by atoms with E-state index in [1.54, 1.807) is 0 Å². The molecular formula is C24H20ClN. The van der Waals surface area contributed by atoms with E-state index in [1.807, 2.05) is 48.5 Å². The van der Waals surface area contributed by atoms with Gasteiger partial charge in [0.15, 0.2) is 0 Å². The van der Waals surface area contributed by atoms with Crippen molar-refractivity contribution < 1.29 is 0 Å². The van der Waals surface area contributed by atoms with Crippen molar-refractivity contribution in [3.63, 3.8) is 0 Å². The molecule has 0 spiro atoms. The van der Waals surface area contributed by atoms with Gasteiger partial charge >= 0.3 is 0 Å². The van der Waals surface area contributed by atoms with Gasteiger partial charge in [0.25, 0.3) is 0 Å². The van der Waals surface area contributed by atoms with E-state index in [9.17, 15) is 0 Å². The van der Waals surface area contributed by atoms with Crippen molar-refractivity contribution in [3.8, 4) is 0 Å². The van der Waals surface area contributed by atoms with E-state index in [0.29, 0.717) is 0 Å². The molecule has 0 heterocycles. The van der Waals surface area contributed by atoms with Crippen LogP contribution in [0.3, 0.4) is 0 Å². The van der Waals surface area contributed by atoms with Crippen LogP contribution in [0.2, 0.25) is 5.02 Å². The van der Waals surface area contributed by atoms with Crippen LogP contribution in [-0.2, 0) is 0 Å². The third kappa shape index (κ3) is 4.98. The van der Waals surface area contributed by atoms with Gasteiger partial charge in [-0.1, -0.05) is 84.4 Å². The average Bonchev–Trinajstić information content (AvgIpc) is 2.72. The summed E-state index contributed by atoms with van der Waals surface area (Å²) in [6.07, 6.45) is 0. The number of hydrogen-bond acceptors (Lipinski definition) is 1. The Morgan fingerprint density at radius 3 is 0.885 bits per heavy atom. The molecule has 4 rings (SSSR count). The number of para-hydroxylation sites is 3. The van der Waals surface area contributed by atoms with E-state index in [1.165, 1.54) is 17.1 Å². The van der Waals surface area contributed by atoms with Crippen LogP contribution in [0.4, 0.5) is 17.1 Å². The summed E-state index contributed by atoms with van der Waals surface area (Å²) >= 11 is 5.54. The van der Waals surface area contributed by atoms with E-state index in [2.05, 4.69) is 77.7 Å². The van der Waals surface area contributed by atoms with Crippen LogP contribution in [-0.4, -0.2) is 0 Å². The van der Waals surface area contributed by atoms with Crippen LogP contribution >= 0.6 is 11.6 Å². The number of nitrogens with zero attached hydrogens (tertiary/aromatic N) is 1. The Hall–Kier alpha value is -3.03. The fourth-order valence-electron chi connectivity index (χ4n) is 2.59. The molecule has 0 bridgehead atoms. The van der Waals surface area contributed by atoms with Crippen molar-refractivity contribution in [3.05, 3.63) is 126 Å². The van der Waals surface area contributed by atoms with E-state index in [-0.39, 0.29) is 0 Å². The number of halogens is 1. The molecule has 0 aliphatic carbocycles. The van der Waals surface area contributed by atoms with Crippen LogP contribution in [0.1, 0.15) is 0 Å². The van der Waals surface area contributed by atoms with E-state index >= 15 is 0 Å². The molecule has 2 heteroatoms. The normalized spacial score (nSPS) is 9.73. The Labute approximate surface area is 160 Å². The highest BCUT2D eigenvalue weighted by Gasteiger charge is 2.10. The summed E-state index contributed by atoms with van der Waals surface area (Å²) in [6.45, 7) is 0. The third-order valence-corrected chi connectivity index (χ3v) is 4.03.